The van der Waals surface area contributed by atoms with Crippen LogP contribution in [0.4, 0.5) is 0 Å². The summed E-state index contributed by atoms with van der Waals surface area (Å²) in [5.41, 5.74) is -0.714. The van der Waals surface area contributed by atoms with E-state index in [1.807, 2.05) is 0 Å². The molecular weight excluding hydrogens is 200 g/mol. The molecule has 3 nitrogen and oxygen atoms in total. The Kier molecular flexibility index (Phi) is 3.59. The molecule has 2 unspecified atom stereocenters. The summed E-state index contributed by atoms with van der Waals surface area (Å²) in [6.07, 6.45) is 3.52. The van der Waals surface area contributed by atoms with Crippen LogP contribution in [0.25, 0.3) is 0 Å². The van der Waals surface area contributed by atoms with Crippen molar-refractivity contribution in [3.8, 4) is 0 Å². The van der Waals surface area contributed by atoms with Crippen LogP contribution in [0.15, 0.2) is 0 Å². The first-order chi connectivity index (χ1) is 6.47. The van der Waals surface area contributed by atoms with Gasteiger partial charge in [0.2, 0.25) is 0 Å². The van der Waals surface area contributed by atoms with Crippen molar-refractivity contribution in [3.63, 3.8) is 0 Å². The van der Waals surface area contributed by atoms with Crippen molar-refractivity contribution in [1.29, 1.82) is 0 Å². The maximum Gasteiger partial charge on any atom is 0.310 e. The number of hydrogen-bond acceptors (Lipinski definition) is 3. The highest BCUT2D eigenvalue weighted by Crippen LogP contribution is 2.43. The predicted molar refractivity (Wildman–Crippen MR) is 56.3 cm³/mol. The zero-order valence-electron chi connectivity index (χ0n) is 8.58. The summed E-state index contributed by atoms with van der Waals surface area (Å²) in [5.74, 6) is -0.768. The van der Waals surface area contributed by atoms with Gasteiger partial charge in [0.15, 0.2) is 5.12 Å². The third kappa shape index (κ3) is 2.29. The topological polar surface area (TPSA) is 54.4 Å². The molecule has 0 spiro atoms. The van der Waals surface area contributed by atoms with Gasteiger partial charge in [0, 0.05) is 12.2 Å². The van der Waals surface area contributed by atoms with E-state index in [1.165, 1.54) is 18.7 Å². The highest BCUT2D eigenvalue weighted by Gasteiger charge is 2.43. The molecule has 1 fully saturated rings. The van der Waals surface area contributed by atoms with Crippen molar-refractivity contribution in [1.82, 2.24) is 0 Å². The number of thioether (sulfide) groups is 1. The monoisotopic (exact) mass is 216 g/mol. The first-order valence-electron chi connectivity index (χ1n) is 4.87. The molecular formula is C10H16O3S. The van der Waals surface area contributed by atoms with E-state index in [2.05, 4.69) is 0 Å². The first kappa shape index (κ1) is 11.6. The Bertz CT molecular complexity index is 252. The lowest BCUT2D eigenvalue weighted by Crippen LogP contribution is -2.41. The van der Waals surface area contributed by atoms with Gasteiger partial charge in [-0.15, -0.1) is 0 Å². The largest absolute Gasteiger partial charge is 0.481 e. The fourth-order valence-corrected chi connectivity index (χ4v) is 3.10. The molecule has 0 aromatic carbocycles. The Balaban J connectivity index is 2.77. The van der Waals surface area contributed by atoms with E-state index in [1.54, 1.807) is 6.92 Å². The summed E-state index contributed by atoms with van der Waals surface area (Å²) >= 11 is 1.19. The lowest BCUT2D eigenvalue weighted by Gasteiger charge is -2.36. The maximum atomic E-state index is 11.1. The summed E-state index contributed by atoms with van der Waals surface area (Å²) in [6.45, 7) is 3.26. The van der Waals surface area contributed by atoms with Crippen LogP contribution in [0.1, 0.15) is 39.5 Å². The van der Waals surface area contributed by atoms with Crippen molar-refractivity contribution in [2.75, 3.05) is 0 Å². The molecule has 0 aliphatic heterocycles. The van der Waals surface area contributed by atoms with Crippen LogP contribution in [-0.4, -0.2) is 21.4 Å². The van der Waals surface area contributed by atoms with E-state index >= 15 is 0 Å². The summed E-state index contributed by atoms with van der Waals surface area (Å²) in [4.78, 5) is 22.1. The van der Waals surface area contributed by atoms with Crippen molar-refractivity contribution in [2.45, 2.75) is 44.8 Å². The number of carbonyl (C=O) groups is 2. The molecule has 0 saturated heterocycles. The van der Waals surface area contributed by atoms with E-state index in [9.17, 15) is 9.59 Å². The number of carbonyl (C=O) groups excluding carboxylic acids is 1. The zero-order valence-corrected chi connectivity index (χ0v) is 9.39. The predicted octanol–water partition coefficient (Wildman–Crippen LogP) is 2.30. The molecule has 80 valence electrons. The number of hydrogen-bond donors (Lipinski definition) is 1. The molecule has 0 bridgehead atoms. The van der Waals surface area contributed by atoms with E-state index in [0.717, 1.165) is 19.3 Å². The molecule has 1 rings (SSSR count). The van der Waals surface area contributed by atoms with Crippen molar-refractivity contribution in [3.05, 3.63) is 0 Å². The second-order valence-corrected chi connectivity index (χ2v) is 5.45. The van der Waals surface area contributed by atoms with Gasteiger partial charge < -0.3 is 5.11 Å². The van der Waals surface area contributed by atoms with E-state index in [-0.39, 0.29) is 10.4 Å². The van der Waals surface area contributed by atoms with Gasteiger partial charge in [-0.3, -0.25) is 9.59 Å². The molecule has 14 heavy (non-hydrogen) atoms. The molecule has 0 radical (unpaired) electrons. The molecule has 2 atom stereocenters. The lowest BCUT2D eigenvalue weighted by atomic mass is 9.75. The lowest BCUT2D eigenvalue weighted by molar-refractivity contribution is -0.149. The van der Waals surface area contributed by atoms with Gasteiger partial charge in [-0.1, -0.05) is 24.6 Å². The minimum Gasteiger partial charge on any atom is -0.481 e. The van der Waals surface area contributed by atoms with Crippen molar-refractivity contribution < 1.29 is 14.7 Å². The normalized spacial score (nSPS) is 32.6. The van der Waals surface area contributed by atoms with Gasteiger partial charge >= 0.3 is 5.97 Å². The molecule has 0 heterocycles. The van der Waals surface area contributed by atoms with Crippen LogP contribution >= 0.6 is 11.8 Å². The van der Waals surface area contributed by atoms with Gasteiger partial charge in [0.1, 0.15) is 0 Å². The summed E-state index contributed by atoms with van der Waals surface area (Å²) in [5, 5.41) is 9.12. The Morgan fingerprint density at radius 2 is 2.07 bits per heavy atom. The summed E-state index contributed by atoms with van der Waals surface area (Å²) < 4.78 is 0. The standard InChI is InChI=1S/C10H16O3S/c1-7(11)14-8-5-3-4-6-10(8,2)9(12)13/h8H,3-6H2,1-2H3,(H,12,13). The molecule has 0 amide bonds. The molecule has 4 heteroatoms. The first-order valence-corrected chi connectivity index (χ1v) is 5.75. The molecule has 1 saturated carbocycles. The Morgan fingerprint density at radius 3 is 2.57 bits per heavy atom. The fraction of sp³-hybridized carbons (Fsp3) is 0.800. The minimum absolute atomic E-state index is 0.0179. The van der Waals surface area contributed by atoms with E-state index < -0.39 is 11.4 Å². The zero-order chi connectivity index (χ0) is 10.8. The van der Waals surface area contributed by atoms with Crippen LogP contribution in [0, 0.1) is 5.41 Å². The number of aliphatic carboxylic acids is 1. The SMILES string of the molecule is CC(=O)SC1CCCCC1(C)C(=O)O. The molecule has 1 aliphatic carbocycles. The molecule has 0 aromatic heterocycles. The van der Waals surface area contributed by atoms with Gasteiger partial charge in [0.25, 0.3) is 0 Å². The van der Waals surface area contributed by atoms with Crippen LogP contribution in [0.2, 0.25) is 0 Å². The molecule has 0 aromatic rings. The Morgan fingerprint density at radius 1 is 1.43 bits per heavy atom. The van der Waals surface area contributed by atoms with Gasteiger partial charge in [-0.25, -0.2) is 0 Å². The van der Waals surface area contributed by atoms with Crippen molar-refractivity contribution in [2.24, 2.45) is 5.41 Å². The Labute approximate surface area is 88.3 Å². The van der Waals surface area contributed by atoms with E-state index in [4.69, 9.17) is 5.11 Å². The molecule has 1 aliphatic rings. The highest BCUT2D eigenvalue weighted by molar-refractivity contribution is 8.14. The number of carboxylic acids is 1. The summed E-state index contributed by atoms with van der Waals surface area (Å²) in [7, 11) is 0. The second-order valence-electron chi connectivity index (χ2n) is 4.07. The highest BCUT2D eigenvalue weighted by atomic mass is 32.2. The van der Waals surface area contributed by atoms with Crippen molar-refractivity contribution >= 4 is 22.8 Å². The quantitative estimate of drug-likeness (QED) is 0.769. The summed E-state index contributed by atoms with van der Waals surface area (Å²) in [6, 6.07) is 0. The molecule has 1 N–H and O–H groups in total. The van der Waals surface area contributed by atoms with Gasteiger partial charge in [-0.2, -0.15) is 0 Å². The van der Waals surface area contributed by atoms with Gasteiger partial charge in [0.05, 0.1) is 5.41 Å². The average molecular weight is 216 g/mol. The third-order valence-electron chi connectivity index (χ3n) is 2.92. The average Bonchev–Trinajstić information content (AvgIpc) is 2.08. The minimum atomic E-state index is -0.768. The second kappa shape index (κ2) is 4.34. The Hall–Kier alpha value is -0.510. The van der Waals surface area contributed by atoms with Gasteiger partial charge in [-0.05, 0) is 19.8 Å². The van der Waals surface area contributed by atoms with Crippen LogP contribution in [0.3, 0.4) is 0 Å². The third-order valence-corrected chi connectivity index (χ3v) is 4.29. The number of rotatable bonds is 2. The van der Waals surface area contributed by atoms with E-state index in [0.29, 0.717) is 6.42 Å². The van der Waals surface area contributed by atoms with Crippen LogP contribution < -0.4 is 0 Å². The fourth-order valence-electron chi connectivity index (χ4n) is 1.94. The smallest absolute Gasteiger partial charge is 0.310 e. The van der Waals surface area contributed by atoms with Crippen LogP contribution in [-0.2, 0) is 9.59 Å². The number of carboxylic acid groups (broad SMARTS) is 1. The van der Waals surface area contributed by atoms with Crippen LogP contribution in [0.5, 0.6) is 0 Å². The maximum absolute atomic E-state index is 11.1.